The number of halogens is 3. The molecule has 0 saturated carbocycles. The molecule has 1 fully saturated rings. The number of carbonyl (C=O) groups excluding carboxylic acids is 1. The van der Waals surface area contributed by atoms with Gasteiger partial charge in [-0.3, -0.25) is 19.7 Å². The molecular weight excluding hydrogens is 341 g/mol. The summed E-state index contributed by atoms with van der Waals surface area (Å²) in [5.74, 6) is -3.14. The maximum Gasteiger partial charge on any atom is 0.432 e. The van der Waals surface area contributed by atoms with E-state index in [-0.39, 0.29) is 13.1 Å². The molecule has 0 spiro atoms. The maximum absolute atomic E-state index is 12.6. The van der Waals surface area contributed by atoms with Crippen molar-refractivity contribution in [1.29, 1.82) is 0 Å². The molecule has 1 saturated heterocycles. The van der Waals surface area contributed by atoms with Gasteiger partial charge in [0, 0.05) is 37.5 Å². The standard InChI is InChI=1S/C15H13F3N4O3/c16-15(17,18)12-5-11(20-21-12)13(23)22-6-9(10(7-22)14(24)25)8-1-3-19-4-2-8/h1-5,9-10H,6-7H2,(H,20,21)(H,24,25)/t9-,10+/m0/s1. The summed E-state index contributed by atoms with van der Waals surface area (Å²) in [6.45, 7) is -0.0244. The molecule has 10 heteroatoms. The fourth-order valence-electron chi connectivity index (χ4n) is 2.91. The molecule has 25 heavy (non-hydrogen) atoms. The summed E-state index contributed by atoms with van der Waals surface area (Å²) in [7, 11) is 0. The first kappa shape index (κ1) is 16.9. The van der Waals surface area contributed by atoms with Crippen molar-refractivity contribution in [2.45, 2.75) is 12.1 Å². The number of hydrogen-bond donors (Lipinski definition) is 2. The molecular formula is C15H13F3N4O3. The third-order valence-electron chi connectivity index (χ3n) is 4.16. The molecule has 1 aliphatic heterocycles. The lowest BCUT2D eigenvalue weighted by atomic mass is 9.90. The number of amides is 1. The first-order valence-electron chi connectivity index (χ1n) is 7.32. The van der Waals surface area contributed by atoms with E-state index in [4.69, 9.17) is 0 Å². The first-order chi connectivity index (χ1) is 11.8. The summed E-state index contributed by atoms with van der Waals surface area (Å²) in [5.41, 5.74) is -0.821. The smallest absolute Gasteiger partial charge is 0.432 e. The van der Waals surface area contributed by atoms with E-state index >= 15 is 0 Å². The predicted molar refractivity (Wildman–Crippen MR) is 77.6 cm³/mol. The van der Waals surface area contributed by atoms with Gasteiger partial charge in [0.05, 0.1) is 5.92 Å². The van der Waals surface area contributed by atoms with Crippen LogP contribution in [0.25, 0.3) is 0 Å². The zero-order chi connectivity index (χ0) is 18.2. The molecule has 0 aliphatic carbocycles. The third kappa shape index (κ3) is 3.32. The van der Waals surface area contributed by atoms with Crippen molar-refractivity contribution in [2.75, 3.05) is 13.1 Å². The lowest BCUT2D eigenvalue weighted by molar-refractivity contribution is -0.142. The van der Waals surface area contributed by atoms with E-state index in [9.17, 15) is 27.9 Å². The lowest BCUT2D eigenvalue weighted by Gasteiger charge is -2.15. The second kappa shape index (κ2) is 6.19. The largest absolute Gasteiger partial charge is 0.481 e. The zero-order valence-corrected chi connectivity index (χ0v) is 12.7. The van der Waals surface area contributed by atoms with Gasteiger partial charge in [-0.05, 0) is 17.7 Å². The van der Waals surface area contributed by atoms with E-state index in [1.54, 1.807) is 17.2 Å². The van der Waals surface area contributed by atoms with Gasteiger partial charge in [-0.2, -0.15) is 18.3 Å². The Morgan fingerprint density at radius 3 is 2.48 bits per heavy atom. The van der Waals surface area contributed by atoms with Crippen molar-refractivity contribution in [2.24, 2.45) is 5.92 Å². The van der Waals surface area contributed by atoms with Crippen LogP contribution in [0.1, 0.15) is 27.7 Å². The van der Waals surface area contributed by atoms with Gasteiger partial charge in [0.1, 0.15) is 5.69 Å². The highest BCUT2D eigenvalue weighted by molar-refractivity contribution is 5.93. The number of alkyl halides is 3. The number of nitrogens with one attached hydrogen (secondary N) is 1. The number of pyridine rings is 1. The molecule has 132 valence electrons. The number of hydrogen-bond acceptors (Lipinski definition) is 4. The van der Waals surface area contributed by atoms with Crippen LogP contribution >= 0.6 is 0 Å². The number of aromatic amines is 1. The summed E-state index contributed by atoms with van der Waals surface area (Å²) in [6.07, 6.45) is -1.61. The highest BCUT2D eigenvalue weighted by Gasteiger charge is 2.42. The van der Waals surface area contributed by atoms with Crippen LogP contribution in [-0.2, 0) is 11.0 Å². The highest BCUT2D eigenvalue weighted by atomic mass is 19.4. The molecule has 3 rings (SSSR count). The number of rotatable bonds is 3. The first-order valence-corrected chi connectivity index (χ1v) is 7.32. The Bertz CT molecular complexity index is 791. The van der Waals surface area contributed by atoms with Crippen molar-refractivity contribution in [3.63, 3.8) is 0 Å². The second-order valence-electron chi connectivity index (χ2n) is 5.71. The Hall–Kier alpha value is -2.91. The fraction of sp³-hybridized carbons (Fsp3) is 0.333. The number of nitrogens with zero attached hydrogens (tertiary/aromatic N) is 3. The number of likely N-dealkylation sites (tertiary alicyclic amines) is 1. The minimum Gasteiger partial charge on any atom is -0.481 e. The topological polar surface area (TPSA) is 99.2 Å². The molecule has 0 radical (unpaired) electrons. The minimum absolute atomic E-state index is 0.0774. The number of carbonyl (C=O) groups is 2. The van der Waals surface area contributed by atoms with Gasteiger partial charge < -0.3 is 10.0 Å². The molecule has 2 N–H and O–H groups in total. The molecule has 7 nitrogen and oxygen atoms in total. The Balaban J connectivity index is 1.82. The van der Waals surface area contributed by atoms with Crippen LogP contribution in [-0.4, -0.2) is 50.2 Å². The molecule has 3 heterocycles. The molecule has 0 unspecified atom stereocenters. The van der Waals surface area contributed by atoms with E-state index in [2.05, 4.69) is 10.1 Å². The van der Waals surface area contributed by atoms with Crippen molar-refractivity contribution in [3.8, 4) is 0 Å². The van der Waals surface area contributed by atoms with Crippen LogP contribution in [0, 0.1) is 5.92 Å². The van der Waals surface area contributed by atoms with Crippen molar-refractivity contribution < 1.29 is 27.9 Å². The van der Waals surface area contributed by atoms with E-state index in [0.717, 1.165) is 0 Å². The Labute approximate surface area is 139 Å². The average Bonchev–Trinajstić information content (AvgIpc) is 3.22. The zero-order valence-electron chi connectivity index (χ0n) is 12.7. The van der Waals surface area contributed by atoms with Crippen molar-refractivity contribution >= 4 is 11.9 Å². The van der Waals surface area contributed by atoms with Crippen LogP contribution in [0.15, 0.2) is 30.6 Å². The number of carboxylic acids is 1. The molecule has 1 amide bonds. The van der Waals surface area contributed by atoms with E-state index in [0.29, 0.717) is 11.6 Å². The summed E-state index contributed by atoms with van der Waals surface area (Å²) in [6, 6.07) is 3.94. The summed E-state index contributed by atoms with van der Waals surface area (Å²) in [5, 5.41) is 14.6. The monoisotopic (exact) mass is 354 g/mol. The fourth-order valence-corrected chi connectivity index (χ4v) is 2.91. The molecule has 0 bridgehead atoms. The van der Waals surface area contributed by atoms with E-state index < -0.39 is 41.3 Å². The van der Waals surface area contributed by atoms with Gasteiger partial charge in [0.15, 0.2) is 5.69 Å². The van der Waals surface area contributed by atoms with Crippen LogP contribution in [0.5, 0.6) is 0 Å². The quantitative estimate of drug-likeness (QED) is 0.875. The molecule has 0 aromatic carbocycles. The van der Waals surface area contributed by atoms with Crippen molar-refractivity contribution in [1.82, 2.24) is 20.1 Å². The van der Waals surface area contributed by atoms with Gasteiger partial charge in [0.25, 0.3) is 5.91 Å². The van der Waals surface area contributed by atoms with Crippen LogP contribution in [0.4, 0.5) is 13.2 Å². The Morgan fingerprint density at radius 1 is 1.24 bits per heavy atom. The molecule has 1 aliphatic rings. The summed E-state index contributed by atoms with van der Waals surface area (Å²) >= 11 is 0. The van der Waals surface area contributed by atoms with E-state index in [1.165, 1.54) is 17.3 Å². The lowest BCUT2D eigenvalue weighted by Crippen LogP contribution is -2.30. The van der Waals surface area contributed by atoms with Gasteiger partial charge in [-0.1, -0.05) is 0 Å². The predicted octanol–water partition coefficient (Wildman–Crippen LogP) is 1.76. The van der Waals surface area contributed by atoms with E-state index in [1.807, 2.05) is 0 Å². The van der Waals surface area contributed by atoms with Crippen molar-refractivity contribution in [3.05, 3.63) is 47.5 Å². The molecule has 2 aromatic rings. The average molecular weight is 354 g/mol. The number of aromatic nitrogens is 3. The Kier molecular flexibility index (Phi) is 4.19. The molecule has 2 atom stereocenters. The summed E-state index contributed by atoms with van der Waals surface area (Å²) < 4.78 is 37.8. The Morgan fingerprint density at radius 2 is 1.92 bits per heavy atom. The molecule has 2 aromatic heterocycles. The van der Waals surface area contributed by atoms with Gasteiger partial charge >= 0.3 is 12.1 Å². The SMILES string of the molecule is O=C(O)[C@@H]1CN(C(=O)c2cc(C(F)(F)F)[nH]n2)C[C@H]1c1ccncc1. The number of H-pyrrole nitrogens is 1. The van der Waals surface area contributed by atoms with Crippen LogP contribution in [0.3, 0.4) is 0 Å². The minimum atomic E-state index is -4.64. The second-order valence-corrected chi connectivity index (χ2v) is 5.71. The van der Waals surface area contributed by atoms with Crippen LogP contribution in [0.2, 0.25) is 0 Å². The van der Waals surface area contributed by atoms with Crippen LogP contribution < -0.4 is 0 Å². The third-order valence-corrected chi connectivity index (χ3v) is 4.16. The normalized spacial score (nSPS) is 20.7. The number of carboxylic acid groups (broad SMARTS) is 1. The maximum atomic E-state index is 12.6. The van der Waals surface area contributed by atoms with Gasteiger partial charge in [-0.25, -0.2) is 0 Å². The van der Waals surface area contributed by atoms with Gasteiger partial charge in [-0.15, -0.1) is 0 Å². The van der Waals surface area contributed by atoms with Gasteiger partial charge in [0.2, 0.25) is 0 Å². The highest BCUT2D eigenvalue weighted by Crippen LogP contribution is 2.34. The number of aliphatic carboxylic acids is 1. The summed E-state index contributed by atoms with van der Waals surface area (Å²) in [4.78, 5) is 29.0.